The van der Waals surface area contributed by atoms with Gasteiger partial charge >= 0.3 is 11.9 Å². The van der Waals surface area contributed by atoms with E-state index in [4.69, 9.17) is 9.47 Å². The van der Waals surface area contributed by atoms with Crippen LogP contribution in [0.25, 0.3) is 0 Å². The van der Waals surface area contributed by atoms with E-state index in [2.05, 4.69) is 52.0 Å². The normalized spacial score (nSPS) is 11.9. The number of esters is 2. The molecule has 1 aromatic rings. The maximum absolute atomic E-state index is 12.4. The second kappa shape index (κ2) is 40.1. The molecule has 346 valence electrons. The number of carbonyl (C=O) groups excluding carboxylic acids is 2. The van der Waals surface area contributed by atoms with Gasteiger partial charge in [0, 0.05) is 35.2 Å². The number of anilines is 2. The maximum atomic E-state index is 12.4. The Morgan fingerprint density at radius 3 is 1.36 bits per heavy atom. The lowest BCUT2D eigenvalue weighted by molar-refractivity contribution is -0.145. The first-order valence-electron chi connectivity index (χ1n) is 24.9. The Morgan fingerprint density at radius 1 is 0.542 bits per heavy atom. The summed E-state index contributed by atoms with van der Waals surface area (Å²) < 4.78 is 31.1. The molecule has 0 fully saturated rings. The van der Waals surface area contributed by atoms with Crippen LogP contribution in [0.3, 0.4) is 0 Å². The monoisotopic (exact) mass is 852 g/mol. The molecule has 0 amide bonds. The van der Waals surface area contributed by atoms with Crippen LogP contribution in [-0.2, 0) is 19.1 Å². The number of ether oxygens (including phenoxy) is 2. The molecule has 2 N–H and O–H groups in total. The summed E-state index contributed by atoms with van der Waals surface area (Å²) in [5.41, 5.74) is 0. The van der Waals surface area contributed by atoms with Crippen LogP contribution >= 0.6 is 11.1 Å². The van der Waals surface area contributed by atoms with Crippen molar-refractivity contribution in [2.45, 2.75) is 227 Å². The summed E-state index contributed by atoms with van der Waals surface area (Å²) in [6.07, 6.45) is 35.4. The number of unbranched alkanes of at least 4 members (excludes halogenated alkanes) is 16. The second-order valence-corrected chi connectivity index (χ2v) is 18.1. The zero-order valence-corrected chi connectivity index (χ0v) is 39.9. The van der Waals surface area contributed by atoms with Crippen LogP contribution in [0.1, 0.15) is 227 Å². The highest BCUT2D eigenvalue weighted by Gasteiger charge is 2.15. The minimum atomic E-state index is -1.54. The molecule has 0 saturated carbocycles. The molecule has 0 aliphatic carbocycles. The van der Waals surface area contributed by atoms with Crippen molar-refractivity contribution in [1.82, 2.24) is 13.6 Å². The highest BCUT2D eigenvalue weighted by atomic mass is 32.2. The predicted octanol–water partition coefficient (Wildman–Crippen LogP) is 13.5. The average Bonchev–Trinajstić information content (AvgIpc) is 3.60. The van der Waals surface area contributed by atoms with Gasteiger partial charge in [0.05, 0.1) is 13.2 Å². The molecule has 1 atom stereocenters. The number of rotatable bonds is 44. The highest BCUT2D eigenvalue weighted by Crippen LogP contribution is 2.24. The molecule has 1 unspecified atom stereocenters. The molecule has 0 aliphatic rings. The summed E-state index contributed by atoms with van der Waals surface area (Å²) in [5, 5.41) is 6.27. The van der Waals surface area contributed by atoms with Crippen LogP contribution in [0, 0.1) is 11.8 Å². The Bertz CT molecular complexity index is 1030. The molecule has 0 spiro atoms. The van der Waals surface area contributed by atoms with Crippen molar-refractivity contribution in [2.75, 3.05) is 57.1 Å². The van der Waals surface area contributed by atoms with Gasteiger partial charge in [0.1, 0.15) is 0 Å². The van der Waals surface area contributed by atoms with E-state index in [1.165, 1.54) is 116 Å². The van der Waals surface area contributed by atoms with Gasteiger partial charge < -0.3 is 29.6 Å². The standard InChI is InChI=1S/C48H93N5O5S/c1-6-10-20-29-43(30-21-11-7-2)35-41-57-45(54)33-24-16-14-18-26-38-53(40-28-37-50-48-47(49-5)51-59(56)52-48)39-27-19-15-17-25-34-46(55)58-42-36-44(31-22-12-8-3)32-23-13-9-4/h43-44H,6-42H2,1-5H3,(H,49,51)(H,50,52). The van der Waals surface area contributed by atoms with Gasteiger partial charge in [-0.05, 0) is 76.4 Å². The van der Waals surface area contributed by atoms with Crippen molar-refractivity contribution in [3.63, 3.8) is 0 Å². The number of nitrogens with one attached hydrogen (secondary N) is 2. The largest absolute Gasteiger partial charge is 0.546 e. The molecule has 59 heavy (non-hydrogen) atoms. The SMILES string of the molecule is CCCCCC(CCCCC)CCOC(=O)CCCCCCCN(CCCCCCCC(=O)OCCC(CCCCC)CCCCC)CCCNc1n[s+]([O-])nc1NC. The summed E-state index contributed by atoms with van der Waals surface area (Å²) in [4.78, 5) is 27.5. The number of hydrogen-bond donors (Lipinski definition) is 2. The Labute approximate surface area is 366 Å². The molecular weight excluding hydrogens is 759 g/mol. The van der Waals surface area contributed by atoms with Crippen LogP contribution in [0.15, 0.2) is 0 Å². The molecule has 1 rings (SSSR count). The lowest BCUT2D eigenvalue weighted by atomic mass is 9.92. The molecule has 10 nitrogen and oxygen atoms in total. The zero-order chi connectivity index (χ0) is 43.0. The fraction of sp³-hybridized carbons (Fsp3) is 0.917. The molecule has 1 heterocycles. The van der Waals surface area contributed by atoms with E-state index in [1.807, 2.05) is 0 Å². The van der Waals surface area contributed by atoms with E-state index in [0.717, 1.165) is 96.8 Å². The summed E-state index contributed by atoms with van der Waals surface area (Å²) in [6, 6.07) is 0. The first kappa shape index (κ1) is 55.0. The van der Waals surface area contributed by atoms with E-state index in [1.54, 1.807) is 7.05 Å². The van der Waals surface area contributed by atoms with Gasteiger partial charge in [-0.1, -0.05) is 169 Å². The topological polar surface area (TPSA) is 129 Å². The van der Waals surface area contributed by atoms with Gasteiger partial charge in [-0.3, -0.25) is 9.59 Å². The average molecular weight is 852 g/mol. The van der Waals surface area contributed by atoms with Crippen LogP contribution < -0.4 is 10.6 Å². The molecule has 0 radical (unpaired) electrons. The quantitative estimate of drug-likeness (QED) is 0.0372. The molecular formula is C48H93N5O5S. The smallest absolute Gasteiger partial charge is 0.305 e. The van der Waals surface area contributed by atoms with Crippen molar-refractivity contribution in [1.29, 1.82) is 0 Å². The third kappa shape index (κ3) is 32.4. The third-order valence-electron chi connectivity index (χ3n) is 11.9. The van der Waals surface area contributed by atoms with Gasteiger partial charge in [0.25, 0.3) is 0 Å². The predicted molar refractivity (Wildman–Crippen MR) is 250 cm³/mol. The van der Waals surface area contributed by atoms with Crippen molar-refractivity contribution in [3.05, 3.63) is 0 Å². The molecule has 0 bridgehead atoms. The Morgan fingerprint density at radius 2 is 0.932 bits per heavy atom. The van der Waals surface area contributed by atoms with Crippen LogP contribution in [-0.4, -0.2) is 76.6 Å². The van der Waals surface area contributed by atoms with Gasteiger partial charge in [0.15, 0.2) is 11.1 Å². The zero-order valence-electron chi connectivity index (χ0n) is 39.1. The lowest BCUT2D eigenvalue weighted by Crippen LogP contribution is -2.28. The van der Waals surface area contributed by atoms with E-state index in [0.29, 0.717) is 49.5 Å². The fourth-order valence-electron chi connectivity index (χ4n) is 8.08. The first-order chi connectivity index (χ1) is 28.9. The van der Waals surface area contributed by atoms with Crippen LogP contribution in [0.5, 0.6) is 0 Å². The Kier molecular flexibility index (Phi) is 37.4. The summed E-state index contributed by atoms with van der Waals surface area (Å²) in [7, 11) is 1.76. The minimum absolute atomic E-state index is 0.0248. The molecule has 11 heteroatoms. The van der Waals surface area contributed by atoms with Crippen molar-refractivity contribution < 1.29 is 23.6 Å². The summed E-state index contributed by atoms with van der Waals surface area (Å²) in [5.74, 6) is 2.47. The van der Waals surface area contributed by atoms with Crippen LogP contribution in [0.4, 0.5) is 11.6 Å². The van der Waals surface area contributed by atoms with Gasteiger partial charge in [-0.15, -0.1) is 0 Å². The van der Waals surface area contributed by atoms with E-state index in [9.17, 15) is 14.1 Å². The Hall–Kier alpha value is -1.98. The second-order valence-electron chi connectivity index (χ2n) is 17.3. The van der Waals surface area contributed by atoms with E-state index < -0.39 is 11.1 Å². The van der Waals surface area contributed by atoms with Gasteiger partial charge in [-0.25, -0.2) is 0 Å². The van der Waals surface area contributed by atoms with Crippen LogP contribution in [0.2, 0.25) is 0 Å². The molecule has 0 saturated heterocycles. The Balaban J connectivity index is 2.34. The summed E-state index contributed by atoms with van der Waals surface area (Å²) in [6.45, 7) is 14.1. The summed E-state index contributed by atoms with van der Waals surface area (Å²) >= 11 is -1.54. The number of aromatic nitrogens is 2. The molecule has 1 aromatic heterocycles. The molecule has 0 aliphatic heterocycles. The third-order valence-corrected chi connectivity index (χ3v) is 12.6. The highest BCUT2D eigenvalue weighted by molar-refractivity contribution is 7.14. The fourth-order valence-corrected chi connectivity index (χ4v) is 8.76. The van der Waals surface area contributed by atoms with Crippen molar-refractivity contribution in [3.8, 4) is 0 Å². The lowest BCUT2D eigenvalue weighted by Gasteiger charge is -2.22. The van der Waals surface area contributed by atoms with Gasteiger partial charge in [-0.2, -0.15) is 0 Å². The van der Waals surface area contributed by atoms with Crippen molar-refractivity contribution in [2.24, 2.45) is 11.8 Å². The van der Waals surface area contributed by atoms with Crippen molar-refractivity contribution >= 4 is 34.7 Å². The number of nitrogens with zero attached hydrogens (tertiary/aromatic N) is 3. The molecule has 0 aromatic carbocycles. The number of carbonyl (C=O) groups is 2. The van der Waals surface area contributed by atoms with E-state index >= 15 is 0 Å². The maximum Gasteiger partial charge on any atom is 0.305 e. The minimum Gasteiger partial charge on any atom is -0.546 e. The van der Waals surface area contributed by atoms with Gasteiger partial charge in [0.2, 0.25) is 11.6 Å². The first-order valence-corrected chi connectivity index (χ1v) is 26.0. The number of hydrogen-bond acceptors (Lipinski definition) is 10. The van der Waals surface area contributed by atoms with E-state index in [-0.39, 0.29) is 11.9 Å².